The Labute approximate surface area is 166 Å². The molecule has 0 amide bonds. The fourth-order valence-corrected chi connectivity index (χ4v) is 2.31. The van der Waals surface area contributed by atoms with E-state index in [0.717, 1.165) is 5.56 Å². The summed E-state index contributed by atoms with van der Waals surface area (Å²) in [5.74, 6) is 0.406. The average molecular weight is 332 g/mol. The van der Waals surface area contributed by atoms with E-state index in [1.165, 1.54) is 25.3 Å². The summed E-state index contributed by atoms with van der Waals surface area (Å²) in [6, 6.07) is 13.5. The molecule has 7 heteroatoms. The summed E-state index contributed by atoms with van der Waals surface area (Å²) in [6.45, 7) is 0.341. The van der Waals surface area contributed by atoms with Gasteiger partial charge in [0.05, 0.1) is 12.0 Å². The van der Waals surface area contributed by atoms with Crippen LogP contribution in [-0.2, 0) is 16.7 Å². The molecule has 0 fully saturated rings. The van der Waals surface area contributed by atoms with E-state index in [-0.39, 0.29) is 57.1 Å². The summed E-state index contributed by atoms with van der Waals surface area (Å²) < 4.78 is 43.5. The van der Waals surface area contributed by atoms with E-state index in [0.29, 0.717) is 12.4 Å². The third-order valence-corrected chi connectivity index (χ3v) is 3.53. The van der Waals surface area contributed by atoms with Crippen LogP contribution >= 0.6 is 0 Å². The van der Waals surface area contributed by atoms with Crippen LogP contribution in [0.25, 0.3) is 0 Å². The number of methoxy groups -OCH3 is 1. The van der Waals surface area contributed by atoms with E-state index < -0.39 is 15.0 Å². The molecule has 0 aromatic heterocycles. The van der Waals surface area contributed by atoms with Crippen molar-refractivity contribution in [2.75, 3.05) is 7.11 Å². The molecule has 2 aromatic rings. The molecule has 0 heterocycles. The molecular weight excluding hydrogens is 319 g/mol. The Kier molecular flexibility index (Phi) is 7.35. The van der Waals surface area contributed by atoms with Gasteiger partial charge >= 0.3 is 51.4 Å². The summed E-state index contributed by atoms with van der Waals surface area (Å²) in [4.78, 5) is -0.396. The van der Waals surface area contributed by atoms with Crippen molar-refractivity contribution < 1.29 is 73.8 Å². The van der Waals surface area contributed by atoms with Crippen molar-refractivity contribution in [3.63, 3.8) is 0 Å². The molecule has 106 valence electrons. The van der Waals surface area contributed by atoms with Gasteiger partial charge in [0.1, 0.15) is 28.2 Å². The van der Waals surface area contributed by atoms with Gasteiger partial charge < -0.3 is 14.0 Å². The maximum atomic E-state index is 11.0. The first-order valence-electron chi connectivity index (χ1n) is 5.81. The Morgan fingerprint density at radius 1 is 1.10 bits per heavy atom. The van der Waals surface area contributed by atoms with Crippen LogP contribution in [0.4, 0.5) is 0 Å². The number of hydrogen-bond donors (Lipinski definition) is 0. The second-order valence-electron chi connectivity index (χ2n) is 4.04. The van der Waals surface area contributed by atoms with Crippen molar-refractivity contribution in [2.24, 2.45) is 0 Å². The first-order valence-corrected chi connectivity index (χ1v) is 7.22. The Bertz CT molecular complexity index is 686. The van der Waals surface area contributed by atoms with Gasteiger partial charge in [0.15, 0.2) is 0 Å². The maximum absolute atomic E-state index is 11.0. The van der Waals surface area contributed by atoms with E-state index >= 15 is 0 Å². The molecule has 0 bridgehead atoms. The molecule has 2 rings (SSSR count). The van der Waals surface area contributed by atoms with Crippen LogP contribution < -0.4 is 60.9 Å². The van der Waals surface area contributed by atoms with E-state index in [4.69, 9.17) is 9.47 Å². The van der Waals surface area contributed by atoms with E-state index in [1.54, 1.807) is 0 Å². The molecule has 5 nitrogen and oxygen atoms in total. The van der Waals surface area contributed by atoms with E-state index in [2.05, 4.69) is 0 Å². The second kappa shape index (κ2) is 8.28. The molecule has 0 aliphatic rings. The predicted molar refractivity (Wildman–Crippen MR) is 71.7 cm³/mol. The predicted octanol–water partition coefficient (Wildman–Crippen LogP) is -0.818. The van der Waals surface area contributed by atoms with E-state index in [9.17, 15) is 13.0 Å². The molecular formula is C14H13KO5S. The van der Waals surface area contributed by atoms with Gasteiger partial charge in [-0.05, 0) is 17.7 Å². The Morgan fingerprint density at radius 3 is 2.33 bits per heavy atom. The van der Waals surface area contributed by atoms with Crippen LogP contribution in [0, 0.1) is 0 Å². The second-order valence-corrected chi connectivity index (χ2v) is 5.39. The monoisotopic (exact) mass is 332 g/mol. The number of rotatable bonds is 5. The summed E-state index contributed by atoms with van der Waals surface area (Å²) in [6.07, 6.45) is 0. The summed E-state index contributed by atoms with van der Waals surface area (Å²) in [7, 11) is -3.26. The van der Waals surface area contributed by atoms with Crippen molar-refractivity contribution in [1.29, 1.82) is 0 Å². The summed E-state index contributed by atoms with van der Waals surface area (Å²) in [5, 5.41) is 0. The minimum Gasteiger partial charge on any atom is -0.744 e. The van der Waals surface area contributed by atoms with Crippen LogP contribution in [0.1, 0.15) is 5.56 Å². The molecule has 0 saturated carbocycles. The number of hydrogen-bond acceptors (Lipinski definition) is 5. The molecule has 2 aromatic carbocycles. The zero-order chi connectivity index (χ0) is 14.6. The van der Waals surface area contributed by atoms with Crippen molar-refractivity contribution in [1.82, 2.24) is 0 Å². The smallest absolute Gasteiger partial charge is 0.744 e. The molecule has 0 aliphatic carbocycles. The Morgan fingerprint density at radius 2 is 1.76 bits per heavy atom. The van der Waals surface area contributed by atoms with Gasteiger partial charge in [0.2, 0.25) is 0 Å². The molecule has 0 saturated heterocycles. The fourth-order valence-electron chi connectivity index (χ4n) is 1.69. The molecule has 0 unspecified atom stereocenters. The molecule has 0 aliphatic heterocycles. The minimum absolute atomic E-state index is 0. The van der Waals surface area contributed by atoms with Gasteiger partial charge in [-0.3, -0.25) is 0 Å². The minimum atomic E-state index is -4.56. The first-order chi connectivity index (χ1) is 9.50. The maximum Gasteiger partial charge on any atom is 1.00 e. The summed E-state index contributed by atoms with van der Waals surface area (Å²) in [5.41, 5.74) is 0.979. The topological polar surface area (TPSA) is 75.7 Å². The number of ether oxygens (including phenoxy) is 2. The zero-order valence-corrected chi connectivity index (χ0v) is 15.7. The van der Waals surface area contributed by atoms with Gasteiger partial charge in [-0.2, -0.15) is 0 Å². The summed E-state index contributed by atoms with van der Waals surface area (Å²) >= 11 is 0. The van der Waals surface area contributed by atoms with Crippen LogP contribution in [0.3, 0.4) is 0 Å². The van der Waals surface area contributed by atoms with Crippen LogP contribution in [-0.4, -0.2) is 20.1 Å². The van der Waals surface area contributed by atoms with Gasteiger partial charge in [-0.15, -0.1) is 0 Å². The van der Waals surface area contributed by atoms with Crippen LogP contribution in [0.2, 0.25) is 0 Å². The molecule has 0 spiro atoms. The average Bonchev–Trinajstić information content (AvgIpc) is 2.45. The Hall–Kier alpha value is -0.414. The van der Waals surface area contributed by atoms with Crippen LogP contribution in [0.5, 0.6) is 11.5 Å². The normalized spacial score (nSPS) is 10.6. The van der Waals surface area contributed by atoms with E-state index in [1.807, 2.05) is 30.3 Å². The largest absolute Gasteiger partial charge is 1.00 e. The standard InChI is InChI=1S/C14H14O5S.K/c1-18-13-9-12(7-8-14(13)20(15,16)17)19-10-11-5-3-2-4-6-11;/h2-9H,10H2,1H3,(H,15,16,17);/q;+1/p-1. The van der Waals surface area contributed by atoms with Crippen molar-refractivity contribution in [2.45, 2.75) is 11.5 Å². The molecule has 0 N–H and O–H groups in total. The zero-order valence-electron chi connectivity index (χ0n) is 11.8. The van der Waals surface area contributed by atoms with Crippen molar-refractivity contribution >= 4 is 10.1 Å². The van der Waals surface area contributed by atoms with Crippen molar-refractivity contribution in [3.05, 3.63) is 54.1 Å². The van der Waals surface area contributed by atoms with Gasteiger partial charge in [0.25, 0.3) is 0 Å². The fraction of sp³-hybridized carbons (Fsp3) is 0.143. The third-order valence-electron chi connectivity index (χ3n) is 2.65. The molecule has 0 radical (unpaired) electrons. The first kappa shape index (κ1) is 18.6. The van der Waals surface area contributed by atoms with Gasteiger partial charge in [-0.25, -0.2) is 8.42 Å². The quantitative estimate of drug-likeness (QED) is 0.528. The van der Waals surface area contributed by atoms with Gasteiger partial charge in [0, 0.05) is 6.07 Å². The molecule has 0 atom stereocenters. The SMILES string of the molecule is COc1cc(OCc2ccccc2)ccc1S(=O)(=O)[O-].[K+]. The Balaban J connectivity index is 0.00000220. The third kappa shape index (κ3) is 5.37. The number of benzene rings is 2. The van der Waals surface area contributed by atoms with Crippen LogP contribution in [0.15, 0.2) is 53.4 Å². The molecule has 21 heavy (non-hydrogen) atoms. The van der Waals surface area contributed by atoms with Gasteiger partial charge in [-0.1, -0.05) is 30.3 Å². The van der Waals surface area contributed by atoms with Crippen molar-refractivity contribution in [3.8, 4) is 11.5 Å².